The average Bonchev–Trinajstić information content (AvgIpc) is 2.33. The lowest BCUT2D eigenvalue weighted by molar-refractivity contribution is 0.0770. The van der Waals surface area contributed by atoms with Crippen molar-refractivity contribution in [3.8, 4) is 0 Å². The second-order valence-electron chi connectivity index (χ2n) is 11.3. The molecule has 0 aromatic rings. The quantitative estimate of drug-likeness (QED) is 0.358. The summed E-state index contributed by atoms with van der Waals surface area (Å²) < 4.78 is 6.17. The molecule has 0 heterocycles. The molecule has 0 spiro atoms. The summed E-state index contributed by atoms with van der Waals surface area (Å²) in [5.74, 6) is 0. The lowest BCUT2D eigenvalue weighted by atomic mass is 9.91. The van der Waals surface area contributed by atoms with E-state index in [4.69, 9.17) is 32.1 Å². The molecule has 172 valence electrons. The van der Waals surface area contributed by atoms with Crippen LogP contribution in [-0.4, -0.2) is 45.1 Å². The lowest BCUT2D eigenvalue weighted by Gasteiger charge is -2.43. The number of hydrogen-bond acceptors (Lipinski definition) is 4. The fourth-order valence-corrected chi connectivity index (χ4v) is 3.31. The molecule has 2 saturated carbocycles. The Morgan fingerprint density at radius 1 is 0.821 bits per heavy atom. The Hall–Kier alpha value is 0.854. The van der Waals surface area contributed by atoms with E-state index in [0.717, 1.165) is 25.7 Å². The van der Waals surface area contributed by atoms with Crippen molar-refractivity contribution >= 4 is 39.2 Å². The Bertz CT molecular complexity index is 417. The van der Waals surface area contributed by atoms with Gasteiger partial charge in [-0.25, -0.2) is 0 Å². The van der Waals surface area contributed by atoms with Gasteiger partial charge < -0.3 is 21.0 Å². The molecule has 0 aromatic carbocycles. The molecule has 4 nitrogen and oxygen atoms in total. The van der Waals surface area contributed by atoms with Gasteiger partial charge in [0.15, 0.2) is 15.7 Å². The van der Waals surface area contributed by atoms with E-state index in [0.29, 0.717) is 28.3 Å². The van der Waals surface area contributed by atoms with Crippen molar-refractivity contribution in [2.75, 3.05) is 0 Å². The SMILES string of the molecule is CC(C)(C)[Si](C)(C)Cl.CC(C)(C)[Si](C)(C)OC1CC(N)C1.Cl.NC1CC(O)C1. The normalized spacial score (nSPS) is 27.6. The van der Waals surface area contributed by atoms with Crippen LogP contribution in [0.3, 0.4) is 0 Å². The van der Waals surface area contributed by atoms with Crippen molar-refractivity contribution in [3.63, 3.8) is 0 Å². The van der Waals surface area contributed by atoms with Gasteiger partial charge in [-0.1, -0.05) is 54.6 Å². The van der Waals surface area contributed by atoms with Crippen molar-refractivity contribution in [3.05, 3.63) is 0 Å². The van der Waals surface area contributed by atoms with Gasteiger partial charge in [-0.15, -0.1) is 12.4 Å². The molecule has 0 amide bonds. The highest BCUT2D eigenvalue weighted by atomic mass is 35.6. The van der Waals surface area contributed by atoms with Crippen LogP contribution in [-0.2, 0) is 4.43 Å². The van der Waals surface area contributed by atoms with Gasteiger partial charge in [0.2, 0.25) is 0 Å². The molecule has 0 unspecified atom stereocenters. The fourth-order valence-electron chi connectivity index (χ4n) is 1.93. The zero-order chi connectivity index (χ0) is 21.8. The third-order valence-electron chi connectivity index (χ3n) is 6.33. The van der Waals surface area contributed by atoms with Crippen LogP contribution >= 0.6 is 23.5 Å². The van der Waals surface area contributed by atoms with Crippen molar-refractivity contribution < 1.29 is 9.53 Å². The van der Waals surface area contributed by atoms with Crippen molar-refractivity contribution in [2.24, 2.45) is 11.5 Å². The van der Waals surface area contributed by atoms with E-state index < -0.39 is 15.7 Å². The smallest absolute Gasteiger partial charge is 0.192 e. The molecule has 8 heteroatoms. The first kappa shape index (κ1) is 31.0. The van der Waals surface area contributed by atoms with Crippen LogP contribution in [0.4, 0.5) is 0 Å². The lowest BCUT2D eigenvalue weighted by Crippen LogP contribution is -2.50. The molecular formula is C20H48Cl2N2O2Si2. The summed E-state index contributed by atoms with van der Waals surface area (Å²) in [5.41, 5.74) is 11.0. The Kier molecular flexibility index (Phi) is 12.7. The van der Waals surface area contributed by atoms with Crippen LogP contribution in [0, 0.1) is 0 Å². The molecule has 0 bridgehead atoms. The maximum atomic E-state index is 8.54. The predicted octanol–water partition coefficient (Wildman–Crippen LogP) is 5.62. The van der Waals surface area contributed by atoms with Gasteiger partial charge >= 0.3 is 0 Å². The standard InChI is InChI=1S/C10H23NOSi.C6H15ClSi.C4H9NO.ClH/c1-10(2,3)13(4,5)12-9-6-8(11)7-9;1-6(2,3)8(4,5)7;5-3-1-4(6)2-3;/h8-9H,6-7,11H2,1-5H3;1-5H3;3-4,6H,1-2,5H2;1H. The molecule has 0 aliphatic heterocycles. The summed E-state index contributed by atoms with van der Waals surface area (Å²) in [4.78, 5) is 0. The van der Waals surface area contributed by atoms with E-state index in [-0.39, 0.29) is 18.5 Å². The molecule has 0 atom stereocenters. The summed E-state index contributed by atoms with van der Waals surface area (Å²) in [5, 5.41) is 9.21. The van der Waals surface area contributed by atoms with Gasteiger partial charge in [-0.2, -0.15) is 11.1 Å². The summed E-state index contributed by atoms with van der Waals surface area (Å²) in [6.45, 7) is 22.4. The third kappa shape index (κ3) is 11.3. The predicted molar refractivity (Wildman–Crippen MR) is 133 cm³/mol. The number of hydrogen-bond donors (Lipinski definition) is 3. The first-order chi connectivity index (χ1) is 11.8. The Morgan fingerprint density at radius 3 is 1.29 bits per heavy atom. The van der Waals surface area contributed by atoms with Gasteiger partial charge in [0, 0.05) is 18.2 Å². The third-order valence-corrected chi connectivity index (χ3v) is 16.1. The first-order valence-corrected chi connectivity index (χ1v) is 17.2. The van der Waals surface area contributed by atoms with Crippen LogP contribution in [0.5, 0.6) is 0 Å². The van der Waals surface area contributed by atoms with E-state index in [1.807, 2.05) is 0 Å². The van der Waals surface area contributed by atoms with Crippen LogP contribution < -0.4 is 11.5 Å². The number of rotatable bonds is 2. The Morgan fingerprint density at radius 2 is 1.14 bits per heavy atom. The van der Waals surface area contributed by atoms with Gasteiger partial charge in [0.1, 0.15) is 0 Å². The van der Waals surface area contributed by atoms with Crippen LogP contribution in [0.25, 0.3) is 0 Å². The molecule has 0 saturated heterocycles. The minimum Gasteiger partial charge on any atom is -0.414 e. The van der Waals surface area contributed by atoms with Gasteiger partial charge in [0.25, 0.3) is 0 Å². The minimum atomic E-state index is -1.52. The van der Waals surface area contributed by atoms with E-state index >= 15 is 0 Å². The number of nitrogens with two attached hydrogens (primary N) is 2. The molecular weight excluding hydrogens is 427 g/mol. The van der Waals surface area contributed by atoms with Crippen LogP contribution in [0.15, 0.2) is 0 Å². The number of halogens is 2. The van der Waals surface area contributed by atoms with E-state index in [1.165, 1.54) is 0 Å². The first-order valence-electron chi connectivity index (χ1n) is 10.3. The highest BCUT2D eigenvalue weighted by Gasteiger charge is 2.41. The molecule has 0 radical (unpaired) electrons. The summed E-state index contributed by atoms with van der Waals surface area (Å²) >= 11 is 6.15. The summed E-state index contributed by atoms with van der Waals surface area (Å²) in [7, 11) is -2.91. The molecule has 2 fully saturated rings. The van der Waals surface area contributed by atoms with Gasteiger partial charge in [-0.3, -0.25) is 0 Å². The largest absolute Gasteiger partial charge is 0.414 e. The Labute approximate surface area is 187 Å². The summed E-state index contributed by atoms with van der Waals surface area (Å²) in [6, 6.07) is 0.690. The highest BCUT2D eigenvalue weighted by Crippen LogP contribution is 2.40. The van der Waals surface area contributed by atoms with E-state index in [2.05, 4.69) is 67.7 Å². The molecule has 2 aliphatic carbocycles. The van der Waals surface area contributed by atoms with Crippen LogP contribution in [0.2, 0.25) is 36.3 Å². The molecule has 28 heavy (non-hydrogen) atoms. The number of aliphatic hydroxyl groups is 1. The number of aliphatic hydroxyl groups excluding tert-OH is 1. The van der Waals surface area contributed by atoms with Crippen molar-refractivity contribution in [1.29, 1.82) is 0 Å². The second kappa shape index (κ2) is 11.5. The van der Waals surface area contributed by atoms with Crippen LogP contribution in [0.1, 0.15) is 67.2 Å². The minimum absolute atomic E-state index is 0. The molecule has 0 aromatic heterocycles. The zero-order valence-corrected chi connectivity index (χ0v) is 23.5. The highest BCUT2D eigenvalue weighted by molar-refractivity contribution is 7.20. The van der Waals surface area contributed by atoms with Gasteiger partial charge in [-0.05, 0) is 48.9 Å². The maximum absolute atomic E-state index is 8.54. The fraction of sp³-hybridized carbons (Fsp3) is 1.00. The summed E-state index contributed by atoms with van der Waals surface area (Å²) in [6.07, 6.45) is 4.11. The molecule has 2 aliphatic rings. The van der Waals surface area contributed by atoms with E-state index in [1.54, 1.807) is 0 Å². The second-order valence-corrected chi connectivity index (χ2v) is 23.4. The van der Waals surface area contributed by atoms with Crippen molar-refractivity contribution in [1.82, 2.24) is 0 Å². The van der Waals surface area contributed by atoms with E-state index in [9.17, 15) is 0 Å². The average molecular weight is 476 g/mol. The topological polar surface area (TPSA) is 81.5 Å². The Balaban J connectivity index is 0. The maximum Gasteiger partial charge on any atom is 0.192 e. The molecule has 2 rings (SSSR count). The van der Waals surface area contributed by atoms with Gasteiger partial charge in [0.05, 0.1) is 6.10 Å². The molecule has 5 N–H and O–H groups in total. The zero-order valence-electron chi connectivity index (χ0n) is 19.9. The van der Waals surface area contributed by atoms with Crippen molar-refractivity contribution in [2.45, 2.75) is 128 Å². The monoisotopic (exact) mass is 474 g/mol.